The average molecular weight is 645 g/mol. The van der Waals surface area contributed by atoms with Crippen LogP contribution in [0.25, 0.3) is 0 Å². The maximum atomic E-state index is 14.0. The monoisotopic (exact) mass is 644 g/mol. The SMILES string of the molecule is COC(=O)NC(C(=O)Nc1ccccc1CC[C@@H]1CNC[C@@H](CSc2ccc(Cl)cc2)O1)C(c1ccccc1)c1ccncc1. The number of carbonyl (C=O) groups excluding carboxylic acids is 2. The van der Waals surface area contributed by atoms with Crippen LogP contribution in [0.5, 0.6) is 0 Å². The highest BCUT2D eigenvalue weighted by molar-refractivity contribution is 7.99. The molecule has 1 aliphatic heterocycles. The van der Waals surface area contributed by atoms with E-state index in [2.05, 4.69) is 20.9 Å². The van der Waals surface area contributed by atoms with Crippen LogP contribution in [0.4, 0.5) is 10.5 Å². The number of hydrogen-bond donors (Lipinski definition) is 3. The van der Waals surface area contributed by atoms with Crippen molar-refractivity contribution in [2.75, 3.05) is 31.3 Å². The molecule has 4 aromatic rings. The van der Waals surface area contributed by atoms with Crippen LogP contribution in [0.15, 0.2) is 108 Å². The van der Waals surface area contributed by atoms with E-state index in [4.69, 9.17) is 21.1 Å². The van der Waals surface area contributed by atoms with Gasteiger partial charge in [0.25, 0.3) is 0 Å². The van der Waals surface area contributed by atoms with Crippen LogP contribution in [0.3, 0.4) is 0 Å². The van der Waals surface area contributed by atoms with E-state index in [1.54, 1.807) is 24.2 Å². The number of pyridine rings is 1. The van der Waals surface area contributed by atoms with E-state index in [0.29, 0.717) is 12.1 Å². The molecule has 1 aliphatic rings. The number of amides is 2. The van der Waals surface area contributed by atoms with Gasteiger partial charge >= 0.3 is 6.09 Å². The molecule has 234 valence electrons. The number of halogens is 1. The van der Waals surface area contributed by atoms with E-state index in [-0.39, 0.29) is 18.1 Å². The van der Waals surface area contributed by atoms with Crippen LogP contribution in [-0.4, -0.2) is 61.2 Å². The van der Waals surface area contributed by atoms with Crippen molar-refractivity contribution >= 4 is 41.1 Å². The molecule has 0 bridgehead atoms. The number of thioether (sulfide) groups is 1. The molecule has 2 heterocycles. The smallest absolute Gasteiger partial charge is 0.407 e. The number of hydrogen-bond acceptors (Lipinski definition) is 7. The van der Waals surface area contributed by atoms with Gasteiger partial charge in [0.2, 0.25) is 5.91 Å². The third kappa shape index (κ3) is 9.31. The van der Waals surface area contributed by atoms with Gasteiger partial charge in [-0.05, 0) is 72.0 Å². The molecule has 1 saturated heterocycles. The summed E-state index contributed by atoms with van der Waals surface area (Å²) in [5.74, 6) is 0.00473. The Labute approximate surface area is 273 Å². The van der Waals surface area contributed by atoms with Gasteiger partial charge in [-0.2, -0.15) is 0 Å². The van der Waals surface area contributed by atoms with Crippen molar-refractivity contribution in [3.63, 3.8) is 0 Å². The number of aromatic nitrogens is 1. The Morgan fingerprint density at radius 1 is 0.956 bits per heavy atom. The summed E-state index contributed by atoms with van der Waals surface area (Å²) in [5, 5.41) is 10.1. The lowest BCUT2D eigenvalue weighted by molar-refractivity contribution is -0.118. The van der Waals surface area contributed by atoms with Gasteiger partial charge in [0, 0.05) is 52.8 Å². The predicted octanol–water partition coefficient (Wildman–Crippen LogP) is 6.31. The highest BCUT2D eigenvalue weighted by atomic mass is 35.5. The molecule has 10 heteroatoms. The molecule has 3 N–H and O–H groups in total. The zero-order valence-corrected chi connectivity index (χ0v) is 26.6. The largest absolute Gasteiger partial charge is 0.453 e. The van der Waals surface area contributed by atoms with Crippen LogP contribution in [0.1, 0.15) is 29.0 Å². The van der Waals surface area contributed by atoms with Crippen LogP contribution >= 0.6 is 23.4 Å². The second kappa shape index (κ2) is 16.4. The second-order valence-electron chi connectivity index (χ2n) is 10.8. The number of benzene rings is 3. The third-order valence-electron chi connectivity index (χ3n) is 7.69. The molecule has 3 aromatic carbocycles. The first kappa shape index (κ1) is 32.5. The molecule has 0 aliphatic carbocycles. The summed E-state index contributed by atoms with van der Waals surface area (Å²) in [6.07, 6.45) is 4.29. The van der Waals surface area contributed by atoms with Crippen molar-refractivity contribution < 1.29 is 19.1 Å². The van der Waals surface area contributed by atoms with Crippen molar-refractivity contribution in [1.82, 2.24) is 15.6 Å². The van der Waals surface area contributed by atoms with E-state index < -0.39 is 18.1 Å². The number of rotatable bonds is 12. The Balaban J connectivity index is 1.27. The van der Waals surface area contributed by atoms with Crippen LogP contribution in [0, 0.1) is 0 Å². The standard InChI is InChI=1S/C35H37ClN4O4S/c1-43-35(42)40-33(32(25-8-3-2-4-9-25)26-17-19-37-20-18-26)34(41)39-31-10-6-5-7-24(31)11-14-28-21-38-22-29(44-28)23-45-30-15-12-27(36)13-16-30/h2-10,12-13,15-20,28-29,32-33,38H,11,14,21-23H2,1H3,(H,39,41)(H,40,42)/t28-,29+,32?,33?/m1/s1. The van der Waals surface area contributed by atoms with Gasteiger partial charge in [-0.25, -0.2) is 4.79 Å². The Morgan fingerprint density at radius 3 is 2.40 bits per heavy atom. The molecule has 45 heavy (non-hydrogen) atoms. The summed E-state index contributed by atoms with van der Waals surface area (Å²) < 4.78 is 11.4. The fourth-order valence-electron chi connectivity index (χ4n) is 5.44. The van der Waals surface area contributed by atoms with E-state index >= 15 is 0 Å². The predicted molar refractivity (Wildman–Crippen MR) is 179 cm³/mol. The van der Waals surface area contributed by atoms with Gasteiger partial charge in [-0.15, -0.1) is 11.8 Å². The quantitative estimate of drug-likeness (QED) is 0.155. The number of morpholine rings is 1. The number of ether oxygens (including phenoxy) is 2. The maximum absolute atomic E-state index is 14.0. The van der Waals surface area contributed by atoms with Crippen LogP contribution in [0.2, 0.25) is 5.02 Å². The number of para-hydroxylation sites is 1. The Morgan fingerprint density at radius 2 is 1.64 bits per heavy atom. The van der Waals surface area contributed by atoms with Gasteiger partial charge in [-0.1, -0.05) is 60.1 Å². The topological polar surface area (TPSA) is 102 Å². The number of anilines is 1. The molecule has 8 nitrogen and oxygen atoms in total. The molecular formula is C35H37ClN4O4S. The lowest BCUT2D eigenvalue weighted by Gasteiger charge is -2.31. The van der Waals surface area contributed by atoms with Crippen molar-refractivity contribution in [2.45, 2.75) is 41.9 Å². The molecule has 0 spiro atoms. The van der Waals surface area contributed by atoms with Gasteiger partial charge < -0.3 is 25.4 Å². The lowest BCUT2D eigenvalue weighted by Crippen LogP contribution is -2.48. The molecule has 2 amide bonds. The van der Waals surface area contributed by atoms with Crippen LogP contribution < -0.4 is 16.0 Å². The summed E-state index contributed by atoms with van der Waals surface area (Å²) in [5.41, 5.74) is 3.40. The normalized spacial score (nSPS) is 17.6. The molecule has 4 atom stereocenters. The van der Waals surface area contributed by atoms with E-state index in [0.717, 1.165) is 51.9 Å². The molecule has 1 aromatic heterocycles. The fraction of sp³-hybridized carbons (Fsp3) is 0.286. The van der Waals surface area contributed by atoms with E-state index in [1.807, 2.05) is 91.0 Å². The highest BCUT2D eigenvalue weighted by Gasteiger charge is 2.33. The molecule has 0 saturated carbocycles. The number of nitrogens with one attached hydrogen (secondary N) is 3. The number of aryl methyl sites for hydroxylation is 1. The number of carbonyl (C=O) groups is 2. The second-order valence-corrected chi connectivity index (χ2v) is 12.3. The summed E-state index contributed by atoms with van der Waals surface area (Å²) in [6, 6.07) is 28.0. The van der Waals surface area contributed by atoms with Crippen molar-refractivity contribution in [3.8, 4) is 0 Å². The minimum Gasteiger partial charge on any atom is -0.453 e. The summed E-state index contributed by atoms with van der Waals surface area (Å²) in [7, 11) is 1.28. The van der Waals surface area contributed by atoms with Gasteiger partial charge in [0.15, 0.2) is 0 Å². The van der Waals surface area contributed by atoms with Crippen LogP contribution in [-0.2, 0) is 20.7 Å². The molecule has 0 radical (unpaired) electrons. The summed E-state index contributed by atoms with van der Waals surface area (Å²) >= 11 is 7.77. The third-order valence-corrected chi connectivity index (χ3v) is 9.08. The number of alkyl carbamates (subject to hydrolysis) is 1. The number of nitrogens with zero attached hydrogens (tertiary/aromatic N) is 1. The van der Waals surface area contributed by atoms with Crippen molar-refractivity contribution in [2.24, 2.45) is 0 Å². The average Bonchev–Trinajstić information content (AvgIpc) is 3.08. The summed E-state index contributed by atoms with van der Waals surface area (Å²) in [4.78, 5) is 31.8. The van der Waals surface area contributed by atoms with Crippen molar-refractivity contribution in [1.29, 1.82) is 0 Å². The first-order chi connectivity index (χ1) is 22.0. The van der Waals surface area contributed by atoms with Gasteiger partial charge in [-0.3, -0.25) is 9.78 Å². The summed E-state index contributed by atoms with van der Waals surface area (Å²) in [6.45, 7) is 1.57. The van der Waals surface area contributed by atoms with E-state index in [9.17, 15) is 9.59 Å². The zero-order valence-electron chi connectivity index (χ0n) is 25.0. The first-order valence-electron chi connectivity index (χ1n) is 14.9. The fourth-order valence-corrected chi connectivity index (χ4v) is 6.47. The number of methoxy groups -OCH3 is 1. The minimum absolute atomic E-state index is 0.0428. The highest BCUT2D eigenvalue weighted by Crippen LogP contribution is 2.30. The molecule has 5 rings (SSSR count). The van der Waals surface area contributed by atoms with E-state index in [1.165, 1.54) is 7.11 Å². The molecular weight excluding hydrogens is 608 g/mol. The Kier molecular flexibility index (Phi) is 11.9. The Hall–Kier alpha value is -3.89. The Bertz CT molecular complexity index is 1490. The first-order valence-corrected chi connectivity index (χ1v) is 16.3. The lowest BCUT2D eigenvalue weighted by atomic mass is 9.85. The molecule has 1 fully saturated rings. The van der Waals surface area contributed by atoms with Gasteiger partial charge in [0.05, 0.1) is 19.3 Å². The minimum atomic E-state index is -0.958. The molecule has 2 unspecified atom stereocenters. The van der Waals surface area contributed by atoms with Crippen molar-refractivity contribution in [3.05, 3.63) is 125 Å². The van der Waals surface area contributed by atoms with Gasteiger partial charge in [0.1, 0.15) is 6.04 Å². The maximum Gasteiger partial charge on any atom is 0.407 e. The zero-order chi connectivity index (χ0) is 31.4.